The van der Waals surface area contributed by atoms with E-state index < -0.39 is 0 Å². The minimum atomic E-state index is 0.263. The first kappa shape index (κ1) is 11.6. The van der Waals surface area contributed by atoms with Crippen LogP contribution in [-0.4, -0.2) is 17.7 Å². The van der Waals surface area contributed by atoms with Crippen LogP contribution < -0.4 is 0 Å². The molecule has 80 valence electrons. The zero-order chi connectivity index (χ0) is 11.1. The van der Waals surface area contributed by atoms with E-state index in [0.29, 0.717) is 0 Å². The summed E-state index contributed by atoms with van der Waals surface area (Å²) in [5.41, 5.74) is 2.15. The number of hydrogen-bond donors (Lipinski definition) is 0. The molecule has 0 N–H and O–H groups in total. The fraction of sp³-hybridized carbons (Fsp3) is 0.385. The Hall–Kier alpha value is -1.44. The van der Waals surface area contributed by atoms with E-state index in [0.717, 1.165) is 17.8 Å². The predicted octanol–water partition coefficient (Wildman–Crippen LogP) is 3.22. The van der Waals surface area contributed by atoms with Crippen molar-refractivity contribution in [1.29, 1.82) is 0 Å². The molecule has 0 radical (unpaired) electrons. The Labute approximate surface area is 91.8 Å². The molecule has 0 aliphatic rings. The number of allylic oxidation sites excluding steroid dienone is 2. The summed E-state index contributed by atoms with van der Waals surface area (Å²) in [5, 5.41) is 0. The van der Waals surface area contributed by atoms with Crippen LogP contribution in [0.2, 0.25) is 0 Å². The van der Waals surface area contributed by atoms with Crippen LogP contribution in [0.15, 0.2) is 41.5 Å². The van der Waals surface area contributed by atoms with Crippen molar-refractivity contribution < 1.29 is 0 Å². The van der Waals surface area contributed by atoms with Gasteiger partial charge in [-0.25, -0.2) is 0 Å². The molecule has 1 aromatic rings. The highest BCUT2D eigenvalue weighted by atomic mass is 14.7. The van der Waals surface area contributed by atoms with Crippen LogP contribution >= 0.6 is 0 Å². The van der Waals surface area contributed by atoms with E-state index in [2.05, 4.69) is 36.0 Å². The molecule has 15 heavy (non-hydrogen) atoms. The van der Waals surface area contributed by atoms with Gasteiger partial charge in [-0.3, -0.25) is 9.98 Å². The number of nitrogens with zero attached hydrogens (tertiary/aromatic N) is 2. The van der Waals surface area contributed by atoms with Gasteiger partial charge in [0.15, 0.2) is 0 Å². The average molecular weight is 202 g/mol. The lowest BCUT2D eigenvalue weighted by molar-refractivity contribution is 0.948. The van der Waals surface area contributed by atoms with E-state index in [1.165, 1.54) is 0 Å². The SMILES string of the molecule is CC/C=C\C(=NC)C(C)c1ccccn1. The maximum Gasteiger partial charge on any atom is 0.0491 e. The molecule has 0 saturated heterocycles. The molecular formula is C13H18N2. The molecule has 2 nitrogen and oxygen atoms in total. The molecule has 1 heterocycles. The summed E-state index contributed by atoms with van der Waals surface area (Å²) in [6, 6.07) is 5.98. The maximum atomic E-state index is 4.34. The predicted molar refractivity (Wildman–Crippen MR) is 65.4 cm³/mol. The smallest absolute Gasteiger partial charge is 0.0491 e. The van der Waals surface area contributed by atoms with Gasteiger partial charge in [-0.15, -0.1) is 0 Å². The van der Waals surface area contributed by atoms with Gasteiger partial charge in [0.05, 0.1) is 0 Å². The van der Waals surface area contributed by atoms with Crippen LogP contribution in [-0.2, 0) is 0 Å². The van der Waals surface area contributed by atoms with Gasteiger partial charge in [0.1, 0.15) is 0 Å². The van der Waals surface area contributed by atoms with Gasteiger partial charge in [-0.05, 0) is 24.6 Å². The largest absolute Gasteiger partial charge is 0.292 e. The number of aliphatic imine (C=N–C) groups is 1. The second-order valence-electron chi connectivity index (χ2n) is 3.44. The Kier molecular flexibility index (Phi) is 4.75. The molecular weight excluding hydrogens is 184 g/mol. The number of aromatic nitrogens is 1. The molecule has 0 spiro atoms. The van der Waals surface area contributed by atoms with Crippen LogP contribution in [0.4, 0.5) is 0 Å². The van der Waals surface area contributed by atoms with Crippen LogP contribution in [0.5, 0.6) is 0 Å². The van der Waals surface area contributed by atoms with E-state index in [-0.39, 0.29) is 5.92 Å². The topological polar surface area (TPSA) is 25.2 Å². The Morgan fingerprint density at radius 1 is 1.53 bits per heavy atom. The Bertz CT molecular complexity index is 339. The summed E-state index contributed by atoms with van der Waals surface area (Å²) in [4.78, 5) is 8.63. The lowest BCUT2D eigenvalue weighted by Crippen LogP contribution is -2.08. The molecule has 0 aliphatic carbocycles. The van der Waals surface area contributed by atoms with Crippen LogP contribution in [0.3, 0.4) is 0 Å². The summed E-state index contributed by atoms with van der Waals surface area (Å²) in [5.74, 6) is 0.263. The monoisotopic (exact) mass is 202 g/mol. The fourth-order valence-electron chi connectivity index (χ4n) is 1.43. The van der Waals surface area contributed by atoms with Gasteiger partial charge < -0.3 is 0 Å². The zero-order valence-corrected chi connectivity index (χ0v) is 9.64. The number of hydrogen-bond acceptors (Lipinski definition) is 2. The molecule has 0 fully saturated rings. The summed E-state index contributed by atoms with van der Waals surface area (Å²) in [6.45, 7) is 4.25. The van der Waals surface area contributed by atoms with E-state index in [1.54, 1.807) is 0 Å². The first-order valence-electron chi connectivity index (χ1n) is 5.33. The van der Waals surface area contributed by atoms with Crippen LogP contribution in [0.1, 0.15) is 31.9 Å². The highest BCUT2D eigenvalue weighted by Crippen LogP contribution is 2.14. The van der Waals surface area contributed by atoms with Crippen molar-refractivity contribution in [2.75, 3.05) is 7.05 Å². The Morgan fingerprint density at radius 3 is 2.87 bits per heavy atom. The normalized spacial score (nSPS) is 14.5. The minimum absolute atomic E-state index is 0.263. The maximum absolute atomic E-state index is 4.34. The molecule has 1 atom stereocenters. The first-order chi connectivity index (χ1) is 7.29. The van der Waals surface area contributed by atoms with Crippen molar-refractivity contribution in [3.63, 3.8) is 0 Å². The highest BCUT2D eigenvalue weighted by Gasteiger charge is 2.10. The van der Waals surface area contributed by atoms with Gasteiger partial charge in [0.2, 0.25) is 0 Å². The van der Waals surface area contributed by atoms with Crippen molar-refractivity contribution >= 4 is 5.71 Å². The van der Waals surface area contributed by atoms with Gasteiger partial charge in [0.25, 0.3) is 0 Å². The molecule has 0 aliphatic heterocycles. The van der Waals surface area contributed by atoms with Gasteiger partial charge in [-0.2, -0.15) is 0 Å². The molecule has 2 heteroatoms. The quantitative estimate of drug-likeness (QED) is 0.688. The third kappa shape index (κ3) is 3.31. The molecule has 0 saturated carbocycles. The average Bonchev–Trinajstić information content (AvgIpc) is 2.31. The second kappa shape index (κ2) is 6.12. The summed E-state index contributed by atoms with van der Waals surface area (Å²) >= 11 is 0. The molecule has 1 aromatic heterocycles. The highest BCUT2D eigenvalue weighted by molar-refractivity contribution is 5.99. The zero-order valence-electron chi connectivity index (χ0n) is 9.64. The van der Waals surface area contributed by atoms with Crippen LogP contribution in [0.25, 0.3) is 0 Å². The second-order valence-corrected chi connectivity index (χ2v) is 3.44. The molecule has 0 aromatic carbocycles. The van der Waals surface area contributed by atoms with E-state index >= 15 is 0 Å². The minimum Gasteiger partial charge on any atom is -0.292 e. The van der Waals surface area contributed by atoms with Crippen molar-refractivity contribution in [3.05, 3.63) is 42.2 Å². The standard InChI is InChI=1S/C13H18N2/c1-4-5-8-12(14-3)11(2)13-9-6-7-10-15-13/h5-11H,4H2,1-3H3/b8-5-,14-12?. The molecule has 0 bridgehead atoms. The van der Waals surface area contributed by atoms with Crippen LogP contribution in [0, 0.1) is 0 Å². The molecule has 1 unspecified atom stereocenters. The van der Waals surface area contributed by atoms with Crippen molar-refractivity contribution in [1.82, 2.24) is 4.98 Å². The summed E-state index contributed by atoms with van der Waals surface area (Å²) in [7, 11) is 1.83. The number of pyridine rings is 1. The van der Waals surface area contributed by atoms with E-state index in [9.17, 15) is 0 Å². The Balaban J connectivity index is 2.83. The van der Waals surface area contributed by atoms with Gasteiger partial charge in [0, 0.05) is 30.6 Å². The third-order valence-electron chi connectivity index (χ3n) is 2.36. The van der Waals surface area contributed by atoms with E-state index in [4.69, 9.17) is 0 Å². The van der Waals surface area contributed by atoms with Crippen molar-refractivity contribution in [2.45, 2.75) is 26.2 Å². The lowest BCUT2D eigenvalue weighted by Gasteiger charge is -2.10. The van der Waals surface area contributed by atoms with Gasteiger partial charge in [-0.1, -0.05) is 26.0 Å². The molecule has 1 rings (SSSR count). The summed E-state index contributed by atoms with van der Waals surface area (Å²) < 4.78 is 0. The third-order valence-corrected chi connectivity index (χ3v) is 2.36. The van der Waals surface area contributed by atoms with Crippen molar-refractivity contribution in [2.24, 2.45) is 4.99 Å². The van der Waals surface area contributed by atoms with E-state index in [1.807, 2.05) is 31.4 Å². The van der Waals surface area contributed by atoms with Crippen molar-refractivity contribution in [3.8, 4) is 0 Å². The number of rotatable bonds is 4. The van der Waals surface area contributed by atoms with Gasteiger partial charge >= 0.3 is 0 Å². The summed E-state index contributed by atoms with van der Waals surface area (Å²) in [6.07, 6.45) is 7.07. The fourth-order valence-corrected chi connectivity index (χ4v) is 1.43. The molecule has 0 amide bonds. The lowest BCUT2D eigenvalue weighted by atomic mass is 10.0. The Morgan fingerprint density at radius 2 is 2.33 bits per heavy atom. The first-order valence-corrected chi connectivity index (χ1v) is 5.33.